The third-order valence-electron chi connectivity index (χ3n) is 23.5. The number of H-pyrrole nitrogens is 4. The van der Waals surface area contributed by atoms with Crippen molar-refractivity contribution in [3.05, 3.63) is 319 Å². The zero-order valence-electron chi connectivity index (χ0n) is 73.0. The van der Waals surface area contributed by atoms with Gasteiger partial charge in [0.25, 0.3) is 22.2 Å². The van der Waals surface area contributed by atoms with E-state index in [9.17, 15) is 38.4 Å². The lowest BCUT2D eigenvalue weighted by Gasteiger charge is -2.28. The molecule has 5 atom stereocenters. The van der Waals surface area contributed by atoms with Gasteiger partial charge in [-0.15, -0.1) is 0 Å². The summed E-state index contributed by atoms with van der Waals surface area (Å²) in [6, 6.07) is 54.5. The van der Waals surface area contributed by atoms with Crippen molar-refractivity contribution < 1.29 is 4.74 Å². The van der Waals surface area contributed by atoms with Gasteiger partial charge in [0.2, 0.25) is 0 Å². The number of hydrogen-bond donors (Lipinski definition) is 4. The highest BCUT2D eigenvalue weighted by Gasteiger charge is 2.29. The van der Waals surface area contributed by atoms with Crippen LogP contribution in [-0.2, 0) is 56.6 Å². The summed E-state index contributed by atoms with van der Waals surface area (Å²) in [5.74, 6) is 2.73. The first kappa shape index (κ1) is 87.7. The van der Waals surface area contributed by atoms with E-state index in [1.54, 1.807) is 0 Å². The van der Waals surface area contributed by atoms with Gasteiger partial charge in [-0.1, -0.05) is 194 Å². The molecule has 0 aliphatic carbocycles. The van der Waals surface area contributed by atoms with Crippen LogP contribution in [0.4, 0.5) is 0 Å². The molecule has 8 aromatic carbocycles. The minimum atomic E-state index is -0.677. The monoisotopic (exact) mass is 1650 g/mol. The molecule has 0 fully saturated rings. The van der Waals surface area contributed by atoms with Gasteiger partial charge >= 0.3 is 22.8 Å². The molecule has 123 heavy (non-hydrogen) atoms. The maximum absolute atomic E-state index is 12.6. The highest BCUT2D eigenvalue weighted by molar-refractivity contribution is 5.84. The third-order valence-corrected chi connectivity index (χ3v) is 23.5. The van der Waals surface area contributed by atoms with E-state index in [-0.39, 0.29) is 46.5 Å². The first-order chi connectivity index (χ1) is 59.0. The standard InChI is InChI=1S/C26H30N4O3.3C24H26N4O2/c1-6-18-13-20-21(12-16(18)4)30(24-23(27-20)25(31)29-26(32)28-24)14-22(33-7-2)17(5)19-10-8-15(3)9-11-19;1-14(2)18-9-10-20-19(13-18)25-21-22(26-24(30)27-23(21)29)28(20)12-11-16(4)17-7-5-15(3)6-8-17;1-5-18-12-19-20(11-16(18)4)28(22-21(25-19)23(29)27-24(30)26-22)13-15(3)10-17-8-6-14(2)7-9-17;1-4-16(3)18-11-12-20-19(14-18)25-21-22(26-24(30)27-23(21)29)28(20)13-5-6-17-9-7-15(2)8-10-17/h8-13,17,22H,6-7,14H2,1-5H3,(H,29,31,32);5-10,13-14,16H,11-12H2,1-4H3,(H,27,29,30);6-9,11-12,15H,5,10,13H2,1-4H3,(H,27,29,30);7-12,14,16H,4-6,13H2,1-3H3,(H,27,29,30). The molecule has 0 saturated heterocycles. The molecule has 25 heteroatoms. The quantitative estimate of drug-likeness (QED) is 0.0432. The topological polar surface area (TPSA) is 332 Å². The fourth-order valence-corrected chi connectivity index (χ4v) is 16.0. The molecule has 25 nitrogen and oxygen atoms in total. The Bertz CT molecular complexity index is 6870. The van der Waals surface area contributed by atoms with Crippen LogP contribution in [0.5, 0.6) is 0 Å². The summed E-state index contributed by atoms with van der Waals surface area (Å²) in [5.41, 5.74) is 19.4. The van der Waals surface area contributed by atoms with Crippen molar-refractivity contribution in [1.29, 1.82) is 0 Å². The second-order valence-electron chi connectivity index (χ2n) is 33.0. The Kier molecular flexibility index (Phi) is 27.3. The van der Waals surface area contributed by atoms with Crippen molar-refractivity contribution in [2.45, 2.75) is 212 Å². The Labute approximate surface area is 712 Å². The molecule has 0 spiro atoms. The Hall–Kier alpha value is -13.2. The fraction of sp³-hybridized carbons (Fsp3) is 0.347. The fourth-order valence-electron chi connectivity index (χ4n) is 16.0. The Morgan fingerprint density at radius 2 is 0.740 bits per heavy atom. The summed E-state index contributed by atoms with van der Waals surface area (Å²) in [7, 11) is 0. The second-order valence-corrected chi connectivity index (χ2v) is 33.0. The van der Waals surface area contributed by atoms with Gasteiger partial charge in [0, 0.05) is 32.2 Å². The van der Waals surface area contributed by atoms with Gasteiger partial charge in [-0.3, -0.25) is 39.1 Å². The lowest BCUT2D eigenvalue weighted by molar-refractivity contribution is 0.0353. The van der Waals surface area contributed by atoms with Crippen LogP contribution in [-0.4, -0.2) is 90.8 Å². The molecule has 16 rings (SSSR count). The van der Waals surface area contributed by atoms with E-state index in [0.29, 0.717) is 73.5 Å². The van der Waals surface area contributed by atoms with Crippen molar-refractivity contribution in [3.63, 3.8) is 0 Å². The maximum atomic E-state index is 12.6. The average molecular weight is 1650 g/mol. The van der Waals surface area contributed by atoms with E-state index >= 15 is 0 Å². The van der Waals surface area contributed by atoms with Gasteiger partial charge < -0.3 is 23.0 Å². The van der Waals surface area contributed by atoms with E-state index in [1.807, 2.05) is 61.6 Å². The van der Waals surface area contributed by atoms with Crippen molar-refractivity contribution in [2.24, 2.45) is 5.92 Å². The van der Waals surface area contributed by atoms with Crippen LogP contribution in [0.25, 0.3) is 90.2 Å². The molecule has 5 unspecified atom stereocenters. The number of hydrogen-bond acceptors (Lipinski definition) is 17. The zero-order chi connectivity index (χ0) is 87.8. The summed E-state index contributed by atoms with van der Waals surface area (Å²) in [6.07, 6.45) is 6.07. The van der Waals surface area contributed by atoms with E-state index < -0.39 is 45.0 Å². The van der Waals surface area contributed by atoms with Crippen LogP contribution < -0.4 is 45.0 Å². The Morgan fingerprint density at radius 3 is 1.16 bits per heavy atom. The van der Waals surface area contributed by atoms with Gasteiger partial charge in [0.15, 0.2) is 46.1 Å². The molecule has 8 heterocycles. The van der Waals surface area contributed by atoms with Crippen molar-refractivity contribution in [2.75, 3.05) is 6.61 Å². The third kappa shape index (κ3) is 20.1. The predicted octanol–water partition coefficient (Wildman–Crippen LogP) is 15.9. The zero-order valence-corrected chi connectivity index (χ0v) is 73.0. The molecule has 8 aliphatic rings. The number of benzene rings is 8. The van der Waals surface area contributed by atoms with Crippen LogP contribution in [0, 0.1) is 47.5 Å². The van der Waals surface area contributed by atoms with Crippen LogP contribution in [0.15, 0.2) is 196 Å². The van der Waals surface area contributed by atoms with E-state index in [1.165, 1.54) is 66.8 Å². The van der Waals surface area contributed by atoms with Crippen molar-refractivity contribution in [1.82, 2.24) is 78.1 Å². The minimum absolute atomic E-state index is 0.0843. The summed E-state index contributed by atoms with van der Waals surface area (Å²) >= 11 is 0. The SMILES string of the molecule is CCC(C)c1ccc2c(c1)nc1c(=O)[nH]c(=O)nc-1n2CCCc1ccc(C)cc1.CCOC(Cn1c2nc(=O)[nH]c(=O)c-2nc2cc(CC)c(C)cc21)C(C)c1ccc(C)cc1.CCc1cc2nc3c(=O)[nH]c(=O)nc-3n(CC(C)Cc3ccc(C)cc3)c2cc1C.Cc1ccc(C(C)CCn2c3nc(=O)[nH]c(=O)c-3nc3cc(C(C)C)ccc32)cc1. The van der Waals surface area contributed by atoms with Crippen LogP contribution in [0.2, 0.25) is 0 Å². The van der Waals surface area contributed by atoms with E-state index in [0.717, 1.165) is 94.7 Å². The van der Waals surface area contributed by atoms with Gasteiger partial charge in [-0.05, 0) is 221 Å². The van der Waals surface area contributed by atoms with Crippen molar-refractivity contribution in [3.8, 4) is 46.1 Å². The molecular weight excluding hydrogens is 1550 g/mol. The normalized spacial score (nSPS) is 12.8. The molecule has 0 bridgehead atoms. The highest BCUT2D eigenvalue weighted by Crippen LogP contribution is 2.34. The molecule has 634 valence electrons. The number of ether oxygens (including phenoxy) is 1. The number of rotatable bonds is 23. The Morgan fingerprint density at radius 1 is 0.366 bits per heavy atom. The van der Waals surface area contributed by atoms with E-state index in [2.05, 4.69) is 285 Å². The number of aromatic nitrogens is 16. The first-order valence-corrected chi connectivity index (χ1v) is 42.6. The van der Waals surface area contributed by atoms with Crippen LogP contribution in [0.3, 0.4) is 0 Å². The average Bonchev–Trinajstić information content (AvgIpc) is 0.772. The molecule has 0 saturated carbocycles. The summed E-state index contributed by atoms with van der Waals surface area (Å²) < 4.78 is 14.0. The van der Waals surface area contributed by atoms with Gasteiger partial charge in [0.05, 0.1) is 56.8 Å². The molecular formula is C98H108N16O9. The molecule has 0 radical (unpaired) electrons. The molecule has 0 amide bonds. The van der Waals surface area contributed by atoms with Gasteiger partial charge in [0.1, 0.15) is 0 Å². The number of nitrogens with one attached hydrogen (secondary N) is 4. The minimum Gasteiger partial charge on any atom is -0.376 e. The van der Waals surface area contributed by atoms with E-state index in [4.69, 9.17) is 4.74 Å². The van der Waals surface area contributed by atoms with Gasteiger partial charge in [-0.2, -0.15) is 19.9 Å². The van der Waals surface area contributed by atoms with Crippen LogP contribution >= 0.6 is 0 Å². The van der Waals surface area contributed by atoms with Crippen LogP contribution in [0.1, 0.15) is 190 Å². The number of fused-ring (bicyclic) bond motifs is 8. The molecule has 0 aromatic heterocycles. The van der Waals surface area contributed by atoms with Crippen molar-refractivity contribution >= 4 is 44.1 Å². The summed E-state index contributed by atoms with van der Waals surface area (Å²) in [4.78, 5) is 142. The number of aryl methyl sites for hydroxylation is 11. The summed E-state index contributed by atoms with van der Waals surface area (Å²) in [6.45, 7) is 36.5. The summed E-state index contributed by atoms with van der Waals surface area (Å²) in [5, 5.41) is 0. The highest BCUT2D eigenvalue weighted by atomic mass is 16.5. The molecule has 8 aliphatic heterocycles. The first-order valence-electron chi connectivity index (χ1n) is 42.6. The number of nitrogens with zero attached hydrogens (tertiary/aromatic N) is 12. The Balaban J connectivity index is 0.000000141. The predicted molar refractivity (Wildman–Crippen MR) is 488 cm³/mol. The molecule has 8 aromatic rings. The number of aromatic amines is 4. The molecule has 4 N–H and O–H groups in total. The van der Waals surface area contributed by atoms with Gasteiger partial charge in [-0.25, -0.2) is 39.1 Å². The maximum Gasteiger partial charge on any atom is 0.349 e. The lowest BCUT2D eigenvalue weighted by Crippen LogP contribution is -2.32. The smallest absolute Gasteiger partial charge is 0.349 e. The largest absolute Gasteiger partial charge is 0.376 e. The lowest BCUT2D eigenvalue weighted by atomic mass is 9.94. The second kappa shape index (κ2) is 38.3.